The molecule has 1 unspecified atom stereocenters. The Balaban J connectivity index is 2.89. The molecule has 17 heavy (non-hydrogen) atoms. The molecule has 0 fully saturated rings. The number of halogens is 2. The van der Waals surface area contributed by atoms with Crippen LogP contribution in [0.1, 0.15) is 17.9 Å². The van der Waals surface area contributed by atoms with Gasteiger partial charge in [0.1, 0.15) is 0 Å². The van der Waals surface area contributed by atoms with E-state index >= 15 is 0 Å². The summed E-state index contributed by atoms with van der Waals surface area (Å²) in [4.78, 5) is 12.9. The highest BCUT2D eigenvalue weighted by atomic mass is 19.2. The lowest BCUT2D eigenvalue weighted by molar-refractivity contribution is -0.139. The summed E-state index contributed by atoms with van der Waals surface area (Å²) in [7, 11) is 3.65. The quantitative estimate of drug-likeness (QED) is 0.860. The number of hydrogen-bond donors (Lipinski definition) is 1. The Kier molecular flexibility index (Phi) is 4.57. The van der Waals surface area contributed by atoms with Crippen molar-refractivity contribution in [2.24, 2.45) is 0 Å². The van der Waals surface area contributed by atoms with Crippen LogP contribution in [-0.4, -0.2) is 36.6 Å². The van der Waals surface area contributed by atoms with E-state index in [0.717, 1.165) is 12.1 Å². The number of rotatable bonds is 5. The molecule has 0 bridgehead atoms. The molecule has 94 valence electrons. The van der Waals surface area contributed by atoms with Crippen LogP contribution in [0.15, 0.2) is 18.2 Å². The van der Waals surface area contributed by atoms with Gasteiger partial charge in [0.15, 0.2) is 11.6 Å². The largest absolute Gasteiger partial charge is 0.481 e. The predicted molar refractivity (Wildman–Crippen MR) is 59.9 cm³/mol. The zero-order valence-electron chi connectivity index (χ0n) is 9.78. The van der Waals surface area contributed by atoms with Crippen LogP contribution in [-0.2, 0) is 4.79 Å². The van der Waals surface area contributed by atoms with Crippen LogP contribution in [0.2, 0.25) is 0 Å². The number of carbonyl (C=O) groups is 1. The maximum atomic E-state index is 13.0. The molecule has 0 aliphatic rings. The minimum Gasteiger partial charge on any atom is -0.481 e. The number of hydrogen-bond acceptors (Lipinski definition) is 2. The molecular formula is C12H15F2NO2. The van der Waals surface area contributed by atoms with Crippen molar-refractivity contribution in [2.45, 2.75) is 12.3 Å². The van der Waals surface area contributed by atoms with Gasteiger partial charge in [0.05, 0.1) is 5.92 Å². The monoisotopic (exact) mass is 243 g/mol. The van der Waals surface area contributed by atoms with Crippen molar-refractivity contribution in [3.8, 4) is 0 Å². The number of nitrogens with zero attached hydrogens (tertiary/aromatic N) is 1. The molecule has 1 rings (SSSR count). The molecule has 1 atom stereocenters. The van der Waals surface area contributed by atoms with Crippen molar-refractivity contribution in [3.63, 3.8) is 0 Å². The van der Waals surface area contributed by atoms with E-state index < -0.39 is 23.5 Å². The lowest BCUT2D eigenvalue weighted by atomic mass is 9.95. The minimum atomic E-state index is -1.03. The first-order valence-corrected chi connectivity index (χ1v) is 5.24. The smallest absolute Gasteiger partial charge is 0.311 e. The van der Waals surface area contributed by atoms with Crippen LogP contribution in [0.4, 0.5) is 8.78 Å². The van der Waals surface area contributed by atoms with Crippen LogP contribution in [0.3, 0.4) is 0 Å². The molecule has 0 spiro atoms. The second kappa shape index (κ2) is 5.72. The van der Waals surface area contributed by atoms with Gasteiger partial charge in [0.2, 0.25) is 0 Å². The van der Waals surface area contributed by atoms with Gasteiger partial charge in [-0.05, 0) is 44.8 Å². The first-order valence-electron chi connectivity index (χ1n) is 5.24. The third kappa shape index (κ3) is 3.78. The molecule has 0 radical (unpaired) electrons. The molecule has 3 nitrogen and oxygen atoms in total. The van der Waals surface area contributed by atoms with Crippen LogP contribution < -0.4 is 0 Å². The topological polar surface area (TPSA) is 40.5 Å². The Morgan fingerprint density at radius 1 is 1.35 bits per heavy atom. The van der Waals surface area contributed by atoms with Crippen molar-refractivity contribution in [3.05, 3.63) is 35.4 Å². The first kappa shape index (κ1) is 13.6. The van der Waals surface area contributed by atoms with Crippen molar-refractivity contribution in [1.29, 1.82) is 0 Å². The van der Waals surface area contributed by atoms with Gasteiger partial charge in [-0.15, -0.1) is 0 Å². The summed E-state index contributed by atoms with van der Waals surface area (Å²) < 4.78 is 25.8. The summed E-state index contributed by atoms with van der Waals surface area (Å²) >= 11 is 0. The second-order valence-corrected chi connectivity index (χ2v) is 4.16. The number of aliphatic carboxylic acids is 1. The van der Waals surface area contributed by atoms with Crippen molar-refractivity contribution in [1.82, 2.24) is 4.90 Å². The Morgan fingerprint density at radius 3 is 2.47 bits per heavy atom. The van der Waals surface area contributed by atoms with E-state index in [0.29, 0.717) is 18.5 Å². The number of benzene rings is 1. The predicted octanol–water partition coefficient (Wildman–Crippen LogP) is 2.08. The van der Waals surface area contributed by atoms with Gasteiger partial charge in [-0.1, -0.05) is 6.07 Å². The van der Waals surface area contributed by atoms with Gasteiger partial charge >= 0.3 is 5.97 Å². The molecule has 0 aliphatic carbocycles. The molecule has 0 saturated carbocycles. The molecule has 0 amide bonds. The van der Waals surface area contributed by atoms with E-state index in [1.165, 1.54) is 6.07 Å². The van der Waals surface area contributed by atoms with E-state index in [-0.39, 0.29) is 0 Å². The minimum absolute atomic E-state index is 0.290. The lowest BCUT2D eigenvalue weighted by Crippen LogP contribution is -2.20. The van der Waals surface area contributed by atoms with Crippen LogP contribution >= 0.6 is 0 Å². The SMILES string of the molecule is CN(C)CCC(C(=O)O)c1ccc(F)c(F)c1. The average Bonchev–Trinajstić information content (AvgIpc) is 2.22. The van der Waals surface area contributed by atoms with Gasteiger partial charge in [0.25, 0.3) is 0 Å². The Labute approximate surface area is 98.7 Å². The third-order valence-corrected chi connectivity index (χ3v) is 2.51. The van der Waals surface area contributed by atoms with E-state index in [4.69, 9.17) is 5.11 Å². The van der Waals surface area contributed by atoms with Crippen LogP contribution in [0.25, 0.3) is 0 Å². The molecule has 1 aromatic carbocycles. The number of carboxylic acids is 1. The van der Waals surface area contributed by atoms with Gasteiger partial charge in [-0.3, -0.25) is 4.79 Å². The highest BCUT2D eigenvalue weighted by Gasteiger charge is 2.21. The first-order chi connectivity index (χ1) is 7.91. The van der Waals surface area contributed by atoms with Gasteiger partial charge in [-0.2, -0.15) is 0 Å². The number of carboxylic acid groups (broad SMARTS) is 1. The molecule has 1 N–H and O–H groups in total. The summed E-state index contributed by atoms with van der Waals surface area (Å²) in [6.07, 6.45) is 0.355. The fourth-order valence-corrected chi connectivity index (χ4v) is 1.55. The zero-order valence-corrected chi connectivity index (χ0v) is 9.78. The average molecular weight is 243 g/mol. The Morgan fingerprint density at radius 2 is 2.00 bits per heavy atom. The Bertz CT molecular complexity index is 407. The third-order valence-electron chi connectivity index (χ3n) is 2.51. The van der Waals surface area contributed by atoms with Crippen molar-refractivity contribution < 1.29 is 18.7 Å². The summed E-state index contributed by atoms with van der Waals surface area (Å²) in [5.41, 5.74) is 0.290. The van der Waals surface area contributed by atoms with E-state index in [9.17, 15) is 13.6 Å². The van der Waals surface area contributed by atoms with Crippen molar-refractivity contribution >= 4 is 5.97 Å². The van der Waals surface area contributed by atoms with E-state index in [1.54, 1.807) is 0 Å². The van der Waals surface area contributed by atoms with Crippen molar-refractivity contribution in [2.75, 3.05) is 20.6 Å². The van der Waals surface area contributed by atoms with Crippen LogP contribution in [0.5, 0.6) is 0 Å². The molecule has 0 aromatic heterocycles. The molecule has 0 aliphatic heterocycles. The summed E-state index contributed by atoms with van der Waals surface area (Å²) in [5, 5.41) is 9.07. The zero-order chi connectivity index (χ0) is 13.0. The lowest BCUT2D eigenvalue weighted by Gasteiger charge is -2.16. The fraction of sp³-hybridized carbons (Fsp3) is 0.417. The van der Waals surface area contributed by atoms with Gasteiger partial charge in [-0.25, -0.2) is 8.78 Å². The Hall–Kier alpha value is -1.49. The van der Waals surface area contributed by atoms with E-state index in [2.05, 4.69) is 0 Å². The van der Waals surface area contributed by atoms with Crippen LogP contribution in [0, 0.1) is 11.6 Å². The van der Waals surface area contributed by atoms with E-state index in [1.807, 2.05) is 19.0 Å². The standard InChI is InChI=1S/C12H15F2NO2/c1-15(2)6-5-9(12(16)17)8-3-4-10(13)11(14)7-8/h3-4,7,9H,5-6H2,1-2H3,(H,16,17). The molecule has 0 heterocycles. The summed E-state index contributed by atoms with van der Waals surface area (Å²) in [6, 6.07) is 3.22. The summed E-state index contributed by atoms with van der Waals surface area (Å²) in [6.45, 7) is 0.565. The fourth-order valence-electron chi connectivity index (χ4n) is 1.55. The molecule has 0 saturated heterocycles. The highest BCUT2D eigenvalue weighted by molar-refractivity contribution is 5.76. The normalized spacial score (nSPS) is 12.8. The summed E-state index contributed by atoms with van der Waals surface area (Å²) in [5.74, 6) is -3.82. The molecule has 1 aromatic rings. The maximum absolute atomic E-state index is 13.0. The second-order valence-electron chi connectivity index (χ2n) is 4.16. The van der Waals surface area contributed by atoms with Gasteiger partial charge in [0, 0.05) is 0 Å². The highest BCUT2D eigenvalue weighted by Crippen LogP contribution is 2.22. The molecule has 5 heteroatoms. The van der Waals surface area contributed by atoms with Gasteiger partial charge < -0.3 is 10.0 Å². The molecular weight excluding hydrogens is 228 g/mol. The maximum Gasteiger partial charge on any atom is 0.311 e.